The van der Waals surface area contributed by atoms with Crippen LogP contribution in [0.2, 0.25) is 5.15 Å². The molecule has 0 radical (unpaired) electrons. The molecule has 0 spiro atoms. The van der Waals surface area contributed by atoms with Crippen LogP contribution in [0.5, 0.6) is 0 Å². The van der Waals surface area contributed by atoms with Gasteiger partial charge in [0.25, 0.3) is 5.91 Å². The van der Waals surface area contributed by atoms with Gasteiger partial charge in [-0.15, -0.1) is 0 Å². The second-order valence-corrected chi connectivity index (χ2v) is 4.03. The fourth-order valence-corrected chi connectivity index (χ4v) is 1.54. The summed E-state index contributed by atoms with van der Waals surface area (Å²) in [5.41, 5.74) is 0.0487. The lowest BCUT2D eigenvalue weighted by Gasteiger charge is -2.06. The zero-order chi connectivity index (χ0) is 13.8. The molecular formula is C12H8ClF2N3O. The van der Waals surface area contributed by atoms with Crippen molar-refractivity contribution in [3.63, 3.8) is 0 Å². The lowest BCUT2D eigenvalue weighted by Crippen LogP contribution is -2.24. The quantitative estimate of drug-likeness (QED) is 0.941. The minimum atomic E-state index is -0.598. The second kappa shape index (κ2) is 5.71. The Morgan fingerprint density at radius 2 is 2.11 bits per heavy atom. The molecule has 19 heavy (non-hydrogen) atoms. The molecule has 0 unspecified atom stereocenters. The van der Waals surface area contributed by atoms with Gasteiger partial charge >= 0.3 is 0 Å². The minimum Gasteiger partial charge on any atom is -0.346 e. The summed E-state index contributed by atoms with van der Waals surface area (Å²) in [6.07, 6.45) is 2.51. The van der Waals surface area contributed by atoms with Gasteiger partial charge in [0.1, 0.15) is 22.5 Å². The molecule has 0 saturated carbocycles. The number of nitrogens with one attached hydrogen (secondary N) is 1. The molecule has 2 rings (SSSR count). The molecule has 1 heterocycles. The van der Waals surface area contributed by atoms with E-state index in [1.54, 1.807) is 0 Å². The van der Waals surface area contributed by atoms with Gasteiger partial charge in [-0.1, -0.05) is 11.6 Å². The average molecular weight is 284 g/mol. The zero-order valence-corrected chi connectivity index (χ0v) is 10.3. The first-order chi connectivity index (χ1) is 9.06. The first kappa shape index (κ1) is 13.4. The van der Waals surface area contributed by atoms with Gasteiger partial charge in [-0.3, -0.25) is 9.78 Å². The van der Waals surface area contributed by atoms with Crippen LogP contribution in [0.1, 0.15) is 16.1 Å². The third kappa shape index (κ3) is 3.45. The van der Waals surface area contributed by atoms with Gasteiger partial charge in [-0.05, 0) is 18.2 Å². The van der Waals surface area contributed by atoms with Gasteiger partial charge in [-0.25, -0.2) is 13.8 Å². The van der Waals surface area contributed by atoms with E-state index in [1.807, 2.05) is 0 Å². The number of amides is 1. The first-order valence-corrected chi connectivity index (χ1v) is 5.64. The highest BCUT2D eigenvalue weighted by Gasteiger charge is 2.10. The Kier molecular flexibility index (Phi) is 4.01. The maximum absolute atomic E-state index is 13.3. The van der Waals surface area contributed by atoms with Crippen LogP contribution in [0.15, 0.2) is 30.6 Å². The summed E-state index contributed by atoms with van der Waals surface area (Å²) >= 11 is 5.59. The van der Waals surface area contributed by atoms with Crippen LogP contribution in [0.4, 0.5) is 8.78 Å². The standard InChI is InChI=1S/C12H8ClF2N3O/c13-11-6-16-5-10(18-11)12(19)17-4-7-3-8(14)1-2-9(7)15/h1-3,5-6H,4H2,(H,17,19). The van der Waals surface area contributed by atoms with Crippen molar-refractivity contribution < 1.29 is 13.6 Å². The maximum Gasteiger partial charge on any atom is 0.271 e. The molecule has 2 aromatic rings. The summed E-state index contributed by atoms with van der Waals surface area (Å²) in [5.74, 6) is -1.74. The second-order valence-electron chi connectivity index (χ2n) is 3.65. The smallest absolute Gasteiger partial charge is 0.271 e. The molecule has 1 aromatic carbocycles. The van der Waals surface area contributed by atoms with E-state index in [0.29, 0.717) is 0 Å². The van der Waals surface area contributed by atoms with E-state index in [2.05, 4.69) is 15.3 Å². The lowest BCUT2D eigenvalue weighted by atomic mass is 10.2. The normalized spacial score (nSPS) is 10.3. The third-order valence-electron chi connectivity index (χ3n) is 2.28. The van der Waals surface area contributed by atoms with Crippen LogP contribution in [0, 0.1) is 11.6 Å². The highest BCUT2D eigenvalue weighted by atomic mass is 35.5. The van der Waals surface area contributed by atoms with E-state index < -0.39 is 17.5 Å². The maximum atomic E-state index is 13.3. The van der Waals surface area contributed by atoms with Crippen molar-refractivity contribution in [3.8, 4) is 0 Å². The number of aromatic nitrogens is 2. The van der Waals surface area contributed by atoms with Crippen molar-refractivity contribution >= 4 is 17.5 Å². The molecule has 0 fully saturated rings. The largest absolute Gasteiger partial charge is 0.346 e. The Morgan fingerprint density at radius 1 is 1.32 bits per heavy atom. The third-order valence-corrected chi connectivity index (χ3v) is 2.47. The van der Waals surface area contributed by atoms with Crippen LogP contribution in [-0.2, 0) is 6.54 Å². The van der Waals surface area contributed by atoms with Gasteiger partial charge < -0.3 is 5.32 Å². The highest BCUT2D eigenvalue weighted by Crippen LogP contribution is 2.09. The molecule has 98 valence electrons. The fourth-order valence-electron chi connectivity index (χ4n) is 1.40. The van der Waals surface area contributed by atoms with E-state index in [1.165, 1.54) is 12.4 Å². The summed E-state index contributed by atoms with van der Waals surface area (Å²) in [5, 5.41) is 2.48. The number of rotatable bonds is 3. The molecule has 0 atom stereocenters. The topological polar surface area (TPSA) is 54.9 Å². The van der Waals surface area contributed by atoms with Gasteiger partial charge in [0.2, 0.25) is 0 Å². The molecular weight excluding hydrogens is 276 g/mol. The van der Waals surface area contributed by atoms with Gasteiger partial charge in [0.15, 0.2) is 0 Å². The summed E-state index contributed by atoms with van der Waals surface area (Å²) in [4.78, 5) is 19.1. The number of hydrogen-bond donors (Lipinski definition) is 1. The summed E-state index contributed by atoms with van der Waals surface area (Å²) < 4.78 is 26.2. The molecule has 4 nitrogen and oxygen atoms in total. The van der Waals surface area contributed by atoms with Crippen molar-refractivity contribution in [2.24, 2.45) is 0 Å². The van der Waals surface area contributed by atoms with Crippen LogP contribution < -0.4 is 5.32 Å². The molecule has 1 N–H and O–H groups in total. The van der Waals surface area contributed by atoms with Crippen LogP contribution in [-0.4, -0.2) is 15.9 Å². The molecule has 0 bridgehead atoms. The Balaban J connectivity index is 2.06. The summed E-state index contributed by atoms with van der Waals surface area (Å²) in [6, 6.07) is 3.01. The molecule has 1 amide bonds. The predicted octanol–water partition coefficient (Wildman–Crippen LogP) is 2.34. The van der Waals surface area contributed by atoms with E-state index in [0.717, 1.165) is 18.2 Å². The first-order valence-electron chi connectivity index (χ1n) is 5.26. The average Bonchev–Trinajstić information content (AvgIpc) is 2.39. The van der Waals surface area contributed by atoms with E-state index in [-0.39, 0.29) is 23.0 Å². The number of carbonyl (C=O) groups is 1. The van der Waals surface area contributed by atoms with Crippen LogP contribution in [0.25, 0.3) is 0 Å². The van der Waals surface area contributed by atoms with Gasteiger partial charge in [-0.2, -0.15) is 0 Å². The Labute approximate surface area is 112 Å². The van der Waals surface area contributed by atoms with Crippen molar-refractivity contribution in [1.29, 1.82) is 0 Å². The van der Waals surface area contributed by atoms with Crippen LogP contribution >= 0.6 is 11.6 Å². The molecule has 0 aliphatic rings. The van der Waals surface area contributed by atoms with Crippen molar-refractivity contribution in [2.75, 3.05) is 0 Å². The Hall–Kier alpha value is -2.08. The monoisotopic (exact) mass is 283 g/mol. The predicted molar refractivity (Wildman–Crippen MR) is 64.6 cm³/mol. The number of nitrogens with zero attached hydrogens (tertiary/aromatic N) is 2. The molecule has 1 aromatic heterocycles. The highest BCUT2D eigenvalue weighted by molar-refractivity contribution is 6.29. The molecule has 0 saturated heterocycles. The summed E-state index contributed by atoms with van der Waals surface area (Å²) in [6.45, 7) is -0.156. The van der Waals surface area contributed by atoms with Crippen molar-refractivity contribution in [3.05, 3.63) is 58.6 Å². The SMILES string of the molecule is O=C(NCc1cc(F)ccc1F)c1cncc(Cl)n1. The fraction of sp³-hybridized carbons (Fsp3) is 0.0833. The van der Waals surface area contributed by atoms with Crippen molar-refractivity contribution in [2.45, 2.75) is 6.54 Å². The molecule has 7 heteroatoms. The lowest BCUT2D eigenvalue weighted by molar-refractivity contribution is 0.0945. The van der Waals surface area contributed by atoms with E-state index in [9.17, 15) is 13.6 Å². The number of carbonyl (C=O) groups excluding carboxylic acids is 1. The minimum absolute atomic E-state index is 0.00399. The van der Waals surface area contributed by atoms with E-state index >= 15 is 0 Å². The van der Waals surface area contributed by atoms with Crippen LogP contribution in [0.3, 0.4) is 0 Å². The zero-order valence-electron chi connectivity index (χ0n) is 9.53. The van der Waals surface area contributed by atoms with Gasteiger partial charge in [0.05, 0.1) is 12.4 Å². The van der Waals surface area contributed by atoms with E-state index in [4.69, 9.17) is 11.6 Å². The summed E-state index contributed by atoms with van der Waals surface area (Å²) in [7, 11) is 0. The Morgan fingerprint density at radius 3 is 2.84 bits per heavy atom. The van der Waals surface area contributed by atoms with Gasteiger partial charge in [0, 0.05) is 12.1 Å². The number of halogens is 3. The number of hydrogen-bond acceptors (Lipinski definition) is 3. The Bertz CT molecular complexity index is 622. The molecule has 0 aliphatic heterocycles. The number of benzene rings is 1. The molecule has 0 aliphatic carbocycles. The van der Waals surface area contributed by atoms with Crippen molar-refractivity contribution in [1.82, 2.24) is 15.3 Å².